The van der Waals surface area contributed by atoms with E-state index in [-0.39, 0.29) is 23.9 Å². The van der Waals surface area contributed by atoms with Crippen molar-refractivity contribution in [3.05, 3.63) is 57.9 Å². The number of anilines is 2. The lowest BCUT2D eigenvalue weighted by atomic mass is 10.1. The number of ether oxygens (including phenoxy) is 2. The second kappa shape index (κ2) is 10.7. The smallest absolute Gasteiger partial charge is 0.343 e. The molecule has 1 aromatic carbocycles. The first kappa shape index (κ1) is 25.7. The van der Waals surface area contributed by atoms with Crippen LogP contribution in [0.5, 0.6) is 0 Å². The number of benzene rings is 1. The minimum Gasteiger partial charge on any atom is -0.465 e. The zero-order chi connectivity index (χ0) is 26.7. The van der Waals surface area contributed by atoms with Crippen LogP contribution in [0.4, 0.5) is 11.6 Å². The van der Waals surface area contributed by atoms with E-state index in [0.717, 1.165) is 43.4 Å². The average Bonchev–Trinajstić information content (AvgIpc) is 3.65. The molecule has 0 unspecified atom stereocenters. The lowest BCUT2D eigenvalue weighted by Gasteiger charge is -2.15. The van der Waals surface area contributed by atoms with Gasteiger partial charge in [-0.2, -0.15) is 10.2 Å². The van der Waals surface area contributed by atoms with E-state index in [1.807, 2.05) is 30.7 Å². The molecule has 0 bridgehead atoms. The molecule has 0 aliphatic carbocycles. The van der Waals surface area contributed by atoms with Crippen LogP contribution in [-0.4, -0.2) is 64.7 Å². The monoisotopic (exact) mass is 509 g/mol. The first-order valence-corrected chi connectivity index (χ1v) is 11.9. The van der Waals surface area contributed by atoms with Gasteiger partial charge in [0.15, 0.2) is 0 Å². The molecular formula is C25H31N7O5. The number of aromatic nitrogens is 4. The van der Waals surface area contributed by atoms with Crippen LogP contribution in [0.2, 0.25) is 0 Å². The van der Waals surface area contributed by atoms with Gasteiger partial charge in [-0.05, 0) is 38.5 Å². The fourth-order valence-electron chi connectivity index (χ4n) is 4.40. The highest BCUT2D eigenvalue weighted by Gasteiger charge is 2.26. The maximum Gasteiger partial charge on any atom is 0.343 e. The molecule has 0 saturated heterocycles. The van der Waals surface area contributed by atoms with E-state index in [4.69, 9.17) is 0 Å². The lowest BCUT2D eigenvalue weighted by molar-refractivity contribution is 0.0592. The molecule has 37 heavy (non-hydrogen) atoms. The minimum absolute atomic E-state index is 0.160. The second-order valence-electron chi connectivity index (χ2n) is 8.72. The molecule has 5 rings (SSSR count). The molecule has 12 heteroatoms. The number of carbonyl (C=O) groups excluding carboxylic acids is 3. The van der Waals surface area contributed by atoms with E-state index in [0.29, 0.717) is 28.1 Å². The Morgan fingerprint density at radius 2 is 1.38 bits per heavy atom. The minimum atomic E-state index is -0.379. The molecule has 2 aliphatic heterocycles. The van der Waals surface area contributed by atoms with Gasteiger partial charge in [-0.3, -0.25) is 4.79 Å². The molecule has 0 saturated carbocycles. The van der Waals surface area contributed by atoms with Crippen molar-refractivity contribution in [3.63, 3.8) is 0 Å². The highest BCUT2D eigenvalue weighted by atomic mass is 16.5. The van der Waals surface area contributed by atoms with Crippen molar-refractivity contribution in [2.45, 2.75) is 39.9 Å². The first-order valence-electron chi connectivity index (χ1n) is 11.9. The zero-order valence-electron chi connectivity index (χ0n) is 21.5. The van der Waals surface area contributed by atoms with Gasteiger partial charge in [0.05, 0.1) is 50.3 Å². The summed E-state index contributed by atoms with van der Waals surface area (Å²) in [6.07, 6.45) is 0. The summed E-state index contributed by atoms with van der Waals surface area (Å²) in [6, 6.07) is 6.80. The molecule has 0 fully saturated rings. The van der Waals surface area contributed by atoms with Crippen LogP contribution in [0.3, 0.4) is 0 Å². The van der Waals surface area contributed by atoms with Crippen molar-refractivity contribution >= 4 is 29.5 Å². The molecule has 2 aliphatic rings. The number of rotatable bonds is 5. The highest BCUT2D eigenvalue weighted by Crippen LogP contribution is 2.25. The van der Waals surface area contributed by atoms with Gasteiger partial charge in [-0.15, -0.1) is 0 Å². The number of nitrogens with zero attached hydrogens (tertiary/aromatic N) is 4. The Labute approximate surface area is 214 Å². The molecule has 0 spiro atoms. The van der Waals surface area contributed by atoms with Crippen LogP contribution < -0.4 is 16.0 Å². The molecule has 196 valence electrons. The summed E-state index contributed by atoms with van der Waals surface area (Å²) in [6.45, 7) is 8.73. The van der Waals surface area contributed by atoms with E-state index in [1.165, 1.54) is 14.2 Å². The van der Waals surface area contributed by atoms with Gasteiger partial charge in [-0.25, -0.2) is 19.0 Å². The quantitative estimate of drug-likeness (QED) is 0.442. The number of fused-ring (bicyclic) bond motifs is 2. The number of aryl methyl sites for hydroxylation is 2. The van der Waals surface area contributed by atoms with Crippen molar-refractivity contribution < 1.29 is 23.9 Å². The largest absolute Gasteiger partial charge is 0.465 e. The summed E-state index contributed by atoms with van der Waals surface area (Å²) < 4.78 is 13.0. The average molecular weight is 510 g/mol. The Morgan fingerprint density at radius 1 is 0.865 bits per heavy atom. The lowest BCUT2D eigenvalue weighted by Crippen LogP contribution is -2.27. The van der Waals surface area contributed by atoms with Gasteiger partial charge < -0.3 is 25.4 Å². The number of hydrogen-bond acceptors (Lipinski definition) is 9. The fraction of sp³-hybridized carbons (Fsp3) is 0.400. The van der Waals surface area contributed by atoms with Gasteiger partial charge in [0.25, 0.3) is 5.91 Å². The molecule has 3 aromatic rings. The molecule has 0 radical (unpaired) electrons. The Bertz CT molecular complexity index is 1330. The van der Waals surface area contributed by atoms with Crippen molar-refractivity contribution in [1.29, 1.82) is 0 Å². The molecular weight excluding hydrogens is 478 g/mol. The topological polar surface area (TPSA) is 141 Å². The van der Waals surface area contributed by atoms with Crippen LogP contribution in [0, 0.1) is 13.8 Å². The van der Waals surface area contributed by atoms with Crippen LogP contribution in [-0.2, 0) is 22.6 Å². The van der Waals surface area contributed by atoms with E-state index in [2.05, 4.69) is 35.6 Å². The van der Waals surface area contributed by atoms with Crippen molar-refractivity contribution in [1.82, 2.24) is 24.9 Å². The molecule has 1 amide bonds. The number of methoxy groups -OCH3 is 2. The number of amides is 1. The molecule has 1 atom stereocenters. The Balaban J connectivity index is 0.000000207. The van der Waals surface area contributed by atoms with E-state index >= 15 is 0 Å². The van der Waals surface area contributed by atoms with Gasteiger partial charge in [0.1, 0.15) is 22.8 Å². The summed E-state index contributed by atoms with van der Waals surface area (Å²) in [5.41, 5.74) is 3.96. The van der Waals surface area contributed by atoms with Crippen LogP contribution in [0.15, 0.2) is 24.3 Å². The fourth-order valence-corrected chi connectivity index (χ4v) is 4.40. The summed E-state index contributed by atoms with van der Waals surface area (Å²) in [5, 5.41) is 17.9. The second-order valence-corrected chi connectivity index (χ2v) is 8.72. The van der Waals surface area contributed by atoms with E-state index < -0.39 is 0 Å². The predicted molar refractivity (Wildman–Crippen MR) is 136 cm³/mol. The molecule has 2 aromatic heterocycles. The summed E-state index contributed by atoms with van der Waals surface area (Å²) in [5.74, 6) is 0.693. The van der Waals surface area contributed by atoms with Gasteiger partial charge in [-0.1, -0.05) is 12.1 Å². The third-order valence-electron chi connectivity index (χ3n) is 6.28. The summed E-state index contributed by atoms with van der Waals surface area (Å²) in [4.78, 5) is 35.4. The zero-order valence-corrected chi connectivity index (χ0v) is 21.5. The molecule has 12 nitrogen and oxygen atoms in total. The van der Waals surface area contributed by atoms with Gasteiger partial charge >= 0.3 is 11.9 Å². The summed E-state index contributed by atoms with van der Waals surface area (Å²) >= 11 is 0. The van der Waals surface area contributed by atoms with Crippen molar-refractivity contribution in [3.8, 4) is 0 Å². The van der Waals surface area contributed by atoms with Crippen molar-refractivity contribution in [2.75, 3.05) is 37.9 Å². The van der Waals surface area contributed by atoms with E-state index in [1.54, 1.807) is 23.7 Å². The third-order valence-corrected chi connectivity index (χ3v) is 6.28. The molecule has 4 heterocycles. The number of carbonyl (C=O) groups is 3. The number of esters is 2. The van der Waals surface area contributed by atoms with Gasteiger partial charge in [0.2, 0.25) is 0 Å². The highest BCUT2D eigenvalue weighted by molar-refractivity contribution is 6.00. The van der Waals surface area contributed by atoms with Crippen LogP contribution in [0.25, 0.3) is 0 Å². The third kappa shape index (κ3) is 5.13. The van der Waals surface area contributed by atoms with Crippen molar-refractivity contribution in [2.24, 2.45) is 0 Å². The van der Waals surface area contributed by atoms with Crippen LogP contribution >= 0.6 is 0 Å². The van der Waals surface area contributed by atoms with E-state index in [9.17, 15) is 14.4 Å². The maximum absolute atomic E-state index is 12.6. The van der Waals surface area contributed by atoms with Crippen LogP contribution in [0.1, 0.15) is 61.0 Å². The standard InChI is InChI=1S/C17H20N4O3.C8H11N3O2/c1-10(12-4-6-13(7-5-12)17(23)24-3)19-16(22)14-11(2)20-21-9-8-18-15(14)21;1-5-6(8(12)13-2)7-9-3-4-11(7)10-5/h4-7,10,18H,8-9H2,1-3H3,(H,19,22);9H,3-4H2,1-2H3/t10-;/m0./s1. The predicted octanol–water partition coefficient (Wildman–Crippen LogP) is 2.30. The Kier molecular flexibility index (Phi) is 7.46. The normalized spacial score (nSPS) is 13.8. The number of nitrogens with one attached hydrogen (secondary N) is 3. The SMILES string of the molecule is COC(=O)c1c(C)nn2c1NCC2.COC(=O)c1ccc([C@H](C)NC(=O)c2c(C)nn3c2NCC3)cc1. The Morgan fingerprint density at radius 3 is 1.92 bits per heavy atom. The first-order chi connectivity index (χ1) is 17.7. The number of hydrogen-bond donors (Lipinski definition) is 3. The summed E-state index contributed by atoms with van der Waals surface area (Å²) in [7, 11) is 2.72. The van der Waals surface area contributed by atoms with Gasteiger partial charge in [0, 0.05) is 13.1 Å². The maximum atomic E-state index is 12.6. The molecule has 3 N–H and O–H groups in total. The Hall–Kier alpha value is -4.35.